The van der Waals surface area contributed by atoms with Gasteiger partial charge in [-0.2, -0.15) is 0 Å². The summed E-state index contributed by atoms with van der Waals surface area (Å²) in [5.41, 5.74) is 2.31. The van der Waals surface area contributed by atoms with Crippen molar-refractivity contribution >= 4 is 17.0 Å². The van der Waals surface area contributed by atoms with Crippen molar-refractivity contribution in [3.8, 4) is 0 Å². The molecule has 128 valence electrons. The van der Waals surface area contributed by atoms with E-state index in [4.69, 9.17) is 4.42 Å². The first-order valence-corrected chi connectivity index (χ1v) is 8.59. The van der Waals surface area contributed by atoms with Gasteiger partial charge in [-0.3, -0.25) is 4.79 Å². The second-order valence-corrected chi connectivity index (χ2v) is 6.43. The molecule has 4 rings (SSSR count). The van der Waals surface area contributed by atoms with E-state index in [9.17, 15) is 9.90 Å². The van der Waals surface area contributed by atoms with Gasteiger partial charge >= 0.3 is 0 Å². The average Bonchev–Trinajstić information content (AvgIpc) is 3.12. The third-order valence-corrected chi connectivity index (χ3v) is 4.82. The van der Waals surface area contributed by atoms with Gasteiger partial charge in [-0.15, -0.1) is 0 Å². The Morgan fingerprint density at radius 1 is 1.08 bits per heavy atom. The van der Waals surface area contributed by atoms with Gasteiger partial charge in [0.1, 0.15) is 5.52 Å². The van der Waals surface area contributed by atoms with Crippen molar-refractivity contribution in [3.05, 3.63) is 66.1 Å². The van der Waals surface area contributed by atoms with E-state index >= 15 is 0 Å². The lowest BCUT2D eigenvalue weighted by Crippen LogP contribution is -2.40. The van der Waals surface area contributed by atoms with Gasteiger partial charge in [0.15, 0.2) is 17.6 Å². The van der Waals surface area contributed by atoms with E-state index in [-0.39, 0.29) is 11.8 Å². The van der Waals surface area contributed by atoms with Gasteiger partial charge in [0.2, 0.25) is 0 Å². The van der Waals surface area contributed by atoms with Crippen molar-refractivity contribution in [3.63, 3.8) is 0 Å². The molecule has 1 unspecified atom stereocenters. The summed E-state index contributed by atoms with van der Waals surface area (Å²) in [6.07, 6.45) is 0.488. The molecule has 1 aliphatic heterocycles. The van der Waals surface area contributed by atoms with Crippen molar-refractivity contribution in [1.82, 2.24) is 9.88 Å². The number of carbonyl (C=O) groups is 1. The number of likely N-dealkylation sites (tertiary alicyclic amines) is 1. The van der Waals surface area contributed by atoms with Crippen LogP contribution in [0, 0.1) is 0 Å². The molecule has 3 aromatic rings. The number of aromatic nitrogens is 1. The van der Waals surface area contributed by atoms with E-state index in [1.165, 1.54) is 0 Å². The van der Waals surface area contributed by atoms with E-state index in [1.54, 1.807) is 17.0 Å². The molecule has 0 spiro atoms. The highest BCUT2D eigenvalue weighted by Gasteiger charge is 2.30. The zero-order chi connectivity index (χ0) is 17.2. The van der Waals surface area contributed by atoms with Crippen LogP contribution in [-0.4, -0.2) is 34.0 Å². The molecule has 1 N–H and O–H groups in total. The summed E-state index contributed by atoms with van der Waals surface area (Å²) in [4.78, 5) is 18.8. The van der Waals surface area contributed by atoms with Crippen LogP contribution in [0.5, 0.6) is 0 Å². The predicted octanol–water partition coefficient (Wildman–Crippen LogP) is 3.27. The Kier molecular flexibility index (Phi) is 4.24. The molecule has 1 aliphatic rings. The number of benzene rings is 2. The highest BCUT2D eigenvalue weighted by molar-refractivity contribution is 5.82. The number of rotatable bonds is 3. The van der Waals surface area contributed by atoms with Crippen molar-refractivity contribution < 1.29 is 14.3 Å². The molecule has 0 aliphatic carbocycles. The maximum Gasteiger partial charge on any atom is 0.256 e. The van der Waals surface area contributed by atoms with Gasteiger partial charge in [-0.05, 0) is 30.5 Å². The second-order valence-electron chi connectivity index (χ2n) is 6.43. The standard InChI is InChI=1S/C20H20N2O3/c23-18(14-6-2-1-3-7-14)20(24)22-12-10-15(11-13-22)19-21-16-8-4-5-9-17(16)25-19/h1-9,15,18,23H,10-13H2. The summed E-state index contributed by atoms with van der Waals surface area (Å²) in [5, 5.41) is 10.3. The fourth-order valence-corrected chi connectivity index (χ4v) is 3.36. The van der Waals surface area contributed by atoms with Gasteiger partial charge in [-0.1, -0.05) is 42.5 Å². The first kappa shape index (κ1) is 15.8. The van der Waals surface area contributed by atoms with Gasteiger partial charge in [-0.25, -0.2) is 4.98 Å². The number of para-hydroxylation sites is 2. The Bertz CT molecular complexity index is 834. The van der Waals surface area contributed by atoms with E-state index in [0.717, 1.165) is 29.8 Å². The smallest absolute Gasteiger partial charge is 0.256 e. The Morgan fingerprint density at radius 2 is 1.76 bits per heavy atom. The van der Waals surface area contributed by atoms with Crippen LogP contribution < -0.4 is 0 Å². The van der Waals surface area contributed by atoms with Crippen LogP contribution in [0.1, 0.15) is 36.3 Å². The molecule has 0 radical (unpaired) electrons. The minimum atomic E-state index is -1.10. The van der Waals surface area contributed by atoms with E-state index in [1.807, 2.05) is 42.5 Å². The lowest BCUT2D eigenvalue weighted by atomic mass is 9.96. The molecular weight excluding hydrogens is 316 g/mol. The largest absolute Gasteiger partial charge is 0.440 e. The molecular formula is C20H20N2O3. The zero-order valence-electron chi connectivity index (χ0n) is 13.8. The summed E-state index contributed by atoms with van der Waals surface area (Å²) in [7, 11) is 0. The van der Waals surface area contributed by atoms with Crippen molar-refractivity contribution in [2.45, 2.75) is 24.9 Å². The Morgan fingerprint density at radius 3 is 2.48 bits per heavy atom. The normalized spacial score (nSPS) is 16.9. The highest BCUT2D eigenvalue weighted by Crippen LogP contribution is 2.30. The molecule has 1 aromatic heterocycles. The Labute approximate surface area is 145 Å². The highest BCUT2D eigenvalue weighted by atomic mass is 16.3. The average molecular weight is 336 g/mol. The quantitative estimate of drug-likeness (QED) is 0.797. The van der Waals surface area contributed by atoms with Crippen LogP contribution in [-0.2, 0) is 4.79 Å². The minimum absolute atomic E-state index is 0.213. The van der Waals surface area contributed by atoms with Crippen LogP contribution in [0.15, 0.2) is 59.0 Å². The van der Waals surface area contributed by atoms with Gasteiger partial charge in [0.05, 0.1) is 0 Å². The number of fused-ring (bicyclic) bond motifs is 1. The van der Waals surface area contributed by atoms with Crippen molar-refractivity contribution in [2.75, 3.05) is 13.1 Å². The molecule has 1 atom stereocenters. The zero-order valence-corrected chi connectivity index (χ0v) is 13.8. The van der Waals surface area contributed by atoms with Crippen LogP contribution in [0.4, 0.5) is 0 Å². The van der Waals surface area contributed by atoms with Crippen molar-refractivity contribution in [2.24, 2.45) is 0 Å². The number of hydrogen-bond acceptors (Lipinski definition) is 4. The topological polar surface area (TPSA) is 66.6 Å². The molecule has 5 heteroatoms. The summed E-state index contributed by atoms with van der Waals surface area (Å²) in [5.74, 6) is 0.726. The summed E-state index contributed by atoms with van der Waals surface area (Å²) in [6, 6.07) is 16.8. The van der Waals surface area contributed by atoms with E-state index in [2.05, 4.69) is 4.98 Å². The van der Waals surface area contributed by atoms with E-state index in [0.29, 0.717) is 18.7 Å². The maximum absolute atomic E-state index is 12.5. The third kappa shape index (κ3) is 3.15. The molecule has 1 amide bonds. The molecule has 0 bridgehead atoms. The Balaban J connectivity index is 1.41. The van der Waals surface area contributed by atoms with E-state index < -0.39 is 6.10 Å². The SMILES string of the molecule is O=C(C(O)c1ccccc1)N1CCC(c2nc3ccccc3o2)CC1. The molecule has 5 nitrogen and oxygen atoms in total. The van der Waals surface area contributed by atoms with Crippen LogP contribution in [0.25, 0.3) is 11.1 Å². The molecule has 1 fully saturated rings. The number of carbonyl (C=O) groups excluding carboxylic acids is 1. The first-order chi connectivity index (χ1) is 12.2. The summed E-state index contributed by atoms with van der Waals surface area (Å²) in [6.45, 7) is 1.21. The molecule has 1 saturated heterocycles. The third-order valence-electron chi connectivity index (χ3n) is 4.82. The Hall–Kier alpha value is -2.66. The fourth-order valence-electron chi connectivity index (χ4n) is 3.36. The van der Waals surface area contributed by atoms with Crippen LogP contribution in [0.2, 0.25) is 0 Å². The number of piperidine rings is 1. The van der Waals surface area contributed by atoms with Gasteiger partial charge < -0.3 is 14.4 Å². The number of amides is 1. The number of nitrogens with zero attached hydrogens (tertiary/aromatic N) is 2. The summed E-state index contributed by atoms with van der Waals surface area (Å²) >= 11 is 0. The lowest BCUT2D eigenvalue weighted by molar-refractivity contribution is -0.141. The maximum atomic E-state index is 12.5. The van der Waals surface area contributed by atoms with Crippen molar-refractivity contribution in [1.29, 1.82) is 0 Å². The van der Waals surface area contributed by atoms with Gasteiger partial charge in [0, 0.05) is 19.0 Å². The predicted molar refractivity (Wildman–Crippen MR) is 94.0 cm³/mol. The lowest BCUT2D eigenvalue weighted by Gasteiger charge is -2.32. The molecule has 2 heterocycles. The first-order valence-electron chi connectivity index (χ1n) is 8.59. The number of oxazole rings is 1. The summed E-state index contributed by atoms with van der Waals surface area (Å²) < 4.78 is 5.86. The number of aliphatic hydroxyl groups is 1. The van der Waals surface area contributed by atoms with Crippen LogP contribution >= 0.6 is 0 Å². The number of hydrogen-bond donors (Lipinski definition) is 1. The number of aliphatic hydroxyl groups excluding tert-OH is 1. The second kappa shape index (κ2) is 6.69. The molecule has 25 heavy (non-hydrogen) atoms. The molecule has 0 saturated carbocycles. The monoisotopic (exact) mass is 336 g/mol. The van der Waals surface area contributed by atoms with Crippen LogP contribution in [0.3, 0.4) is 0 Å². The minimum Gasteiger partial charge on any atom is -0.440 e. The fraction of sp³-hybridized carbons (Fsp3) is 0.300. The van der Waals surface area contributed by atoms with Gasteiger partial charge in [0.25, 0.3) is 5.91 Å². The molecule has 2 aromatic carbocycles.